The minimum absolute atomic E-state index is 0.0231. The molecule has 204 valence electrons. The highest BCUT2D eigenvalue weighted by molar-refractivity contribution is 6.19. The molecular formula is C25H51NO8. The minimum atomic E-state index is -1.43. The van der Waals surface area contributed by atoms with Gasteiger partial charge in [0.2, 0.25) is 6.29 Å². The Kier molecular flexibility index (Phi) is 41.1. The average Bonchev–Trinajstić information content (AvgIpc) is 2.79. The maximum atomic E-state index is 9.99. The molecule has 0 rings (SSSR count). The van der Waals surface area contributed by atoms with Gasteiger partial charge in [-0.2, -0.15) is 0 Å². The van der Waals surface area contributed by atoms with Gasteiger partial charge in [0.05, 0.1) is 0 Å². The normalized spacial score (nSPS) is 10.3. The van der Waals surface area contributed by atoms with Crippen LogP contribution in [0.2, 0.25) is 0 Å². The molecule has 0 saturated heterocycles. The third kappa shape index (κ3) is 52.1. The van der Waals surface area contributed by atoms with Crippen molar-refractivity contribution < 1.29 is 39.6 Å². The Bertz CT molecular complexity index is 444. The van der Waals surface area contributed by atoms with Crippen molar-refractivity contribution in [3.63, 3.8) is 0 Å². The fourth-order valence-corrected chi connectivity index (χ4v) is 2.67. The van der Waals surface area contributed by atoms with Crippen LogP contribution < -0.4 is 5.73 Å². The first-order chi connectivity index (χ1) is 16.1. The Morgan fingerprint density at radius 1 is 0.706 bits per heavy atom. The van der Waals surface area contributed by atoms with E-state index in [2.05, 4.69) is 13.8 Å². The average molecular weight is 494 g/mol. The summed E-state index contributed by atoms with van der Waals surface area (Å²) in [7, 11) is 0. The number of aliphatic carboxylic acids is 3. The molecule has 0 radical (unpaired) electrons. The highest BCUT2D eigenvalue weighted by Gasteiger charge is 2.12. The quantitative estimate of drug-likeness (QED) is 0.0996. The van der Waals surface area contributed by atoms with Crippen LogP contribution in [0.25, 0.3) is 0 Å². The first kappa shape index (κ1) is 39.2. The van der Waals surface area contributed by atoms with E-state index in [0.29, 0.717) is 0 Å². The highest BCUT2D eigenvalue weighted by Crippen LogP contribution is 2.12. The molecule has 0 saturated carbocycles. The first-order valence-corrected chi connectivity index (χ1v) is 12.6. The van der Waals surface area contributed by atoms with E-state index in [1.165, 1.54) is 89.9 Å². The second kappa shape index (κ2) is 35.6. The number of carbonyl (C=O) groups excluding carboxylic acids is 1. The van der Waals surface area contributed by atoms with E-state index in [-0.39, 0.29) is 25.7 Å². The van der Waals surface area contributed by atoms with Crippen molar-refractivity contribution in [1.82, 2.24) is 0 Å². The Morgan fingerprint density at radius 3 is 1.15 bits per heavy atom. The summed E-state index contributed by atoms with van der Waals surface area (Å²) < 4.78 is 0. The summed E-state index contributed by atoms with van der Waals surface area (Å²) >= 11 is 0. The number of aliphatic hydroxyl groups is 1. The van der Waals surface area contributed by atoms with Gasteiger partial charge in [-0.05, 0) is 13.3 Å². The molecule has 0 aromatic rings. The molecule has 1 atom stereocenters. The van der Waals surface area contributed by atoms with Crippen molar-refractivity contribution in [3.05, 3.63) is 0 Å². The van der Waals surface area contributed by atoms with E-state index in [4.69, 9.17) is 35.7 Å². The standard InChI is InChI=1S/C16H34.C5H9NO4.C2H2O3.C2H6O/c1-3-5-7-9-11-13-15-16-14-12-10-8-6-4-2;6-3(5(9)10)1-2-4(7)8;3-1-2(4)5;1-2-3/h3-16H2,1-2H3;3H,1-2,6H2,(H,7,8)(H,9,10);1H,(H,4,5);3H,2H2,1H3/t;3-;;/m.0../s1. The summed E-state index contributed by atoms with van der Waals surface area (Å²) in [4.78, 5) is 37.8. The van der Waals surface area contributed by atoms with Crippen LogP contribution in [0.4, 0.5) is 0 Å². The Morgan fingerprint density at radius 2 is 0.971 bits per heavy atom. The number of rotatable bonds is 18. The van der Waals surface area contributed by atoms with Crippen molar-refractivity contribution in [2.75, 3.05) is 6.61 Å². The second-order valence-electron chi connectivity index (χ2n) is 7.89. The monoisotopic (exact) mass is 493 g/mol. The lowest BCUT2D eigenvalue weighted by Gasteiger charge is -2.02. The largest absolute Gasteiger partial charge is 0.481 e. The fourth-order valence-electron chi connectivity index (χ4n) is 2.67. The van der Waals surface area contributed by atoms with E-state index in [1.54, 1.807) is 6.92 Å². The number of unbranched alkanes of at least 4 members (excludes halogenated alkanes) is 13. The summed E-state index contributed by atoms with van der Waals surface area (Å²) in [6.07, 6.45) is 20.0. The van der Waals surface area contributed by atoms with Gasteiger partial charge in [-0.3, -0.25) is 14.4 Å². The van der Waals surface area contributed by atoms with Gasteiger partial charge in [-0.15, -0.1) is 0 Å². The lowest BCUT2D eigenvalue weighted by molar-refractivity contribution is -0.143. The van der Waals surface area contributed by atoms with E-state index < -0.39 is 23.9 Å². The predicted octanol–water partition coefficient (Wildman–Crippen LogP) is 5.02. The number of aldehydes is 1. The number of carboxylic acids is 3. The molecule has 0 spiro atoms. The lowest BCUT2D eigenvalue weighted by atomic mass is 10.0. The molecule has 0 aliphatic rings. The molecular weight excluding hydrogens is 442 g/mol. The van der Waals surface area contributed by atoms with Crippen molar-refractivity contribution in [2.24, 2.45) is 5.73 Å². The zero-order valence-corrected chi connectivity index (χ0v) is 21.7. The molecule has 9 heteroatoms. The molecule has 0 bridgehead atoms. The molecule has 0 aliphatic heterocycles. The van der Waals surface area contributed by atoms with Gasteiger partial charge >= 0.3 is 17.9 Å². The van der Waals surface area contributed by atoms with Crippen LogP contribution in [-0.2, 0) is 19.2 Å². The fraction of sp³-hybridized carbons (Fsp3) is 0.840. The van der Waals surface area contributed by atoms with Gasteiger partial charge in [0.25, 0.3) is 0 Å². The molecule has 0 heterocycles. The molecule has 0 aromatic heterocycles. The summed E-state index contributed by atoms with van der Waals surface area (Å²) in [6.45, 7) is 6.51. The van der Waals surface area contributed by atoms with Crippen molar-refractivity contribution >= 4 is 24.2 Å². The van der Waals surface area contributed by atoms with Gasteiger partial charge in [-0.1, -0.05) is 104 Å². The van der Waals surface area contributed by atoms with Crippen molar-refractivity contribution in [3.8, 4) is 0 Å². The van der Waals surface area contributed by atoms with Crippen LogP contribution in [0.15, 0.2) is 0 Å². The Hall–Kier alpha value is -2.00. The molecule has 0 amide bonds. The summed E-state index contributed by atoms with van der Waals surface area (Å²) in [5.74, 6) is -3.62. The lowest BCUT2D eigenvalue weighted by Crippen LogP contribution is -2.30. The van der Waals surface area contributed by atoms with Crippen molar-refractivity contribution in [1.29, 1.82) is 0 Å². The molecule has 34 heavy (non-hydrogen) atoms. The van der Waals surface area contributed by atoms with E-state index in [0.717, 1.165) is 0 Å². The number of hydrogen-bond acceptors (Lipinski definition) is 6. The maximum absolute atomic E-state index is 9.99. The van der Waals surface area contributed by atoms with Crippen LogP contribution in [-0.4, -0.2) is 57.3 Å². The molecule has 0 aromatic carbocycles. The van der Waals surface area contributed by atoms with E-state index >= 15 is 0 Å². The van der Waals surface area contributed by atoms with Crippen molar-refractivity contribution in [2.45, 2.75) is 130 Å². The second-order valence-corrected chi connectivity index (χ2v) is 7.89. The third-order valence-corrected chi connectivity index (χ3v) is 4.54. The Balaban J connectivity index is -0.000000212. The van der Waals surface area contributed by atoms with Gasteiger partial charge in [-0.25, -0.2) is 4.79 Å². The van der Waals surface area contributed by atoms with Gasteiger partial charge < -0.3 is 26.2 Å². The first-order valence-electron chi connectivity index (χ1n) is 12.6. The van der Waals surface area contributed by atoms with Crippen LogP contribution in [0.3, 0.4) is 0 Å². The summed E-state index contributed by atoms with van der Waals surface area (Å²) in [5, 5.41) is 31.2. The predicted molar refractivity (Wildman–Crippen MR) is 135 cm³/mol. The van der Waals surface area contributed by atoms with Crippen LogP contribution in [0, 0.1) is 0 Å². The van der Waals surface area contributed by atoms with Crippen LogP contribution in [0.1, 0.15) is 124 Å². The number of hydrogen-bond donors (Lipinski definition) is 5. The number of carboxylic acid groups (broad SMARTS) is 3. The molecule has 0 unspecified atom stereocenters. The SMILES string of the molecule is CCCCCCCCCCCCCCCC.CCO.N[C@@H](CCC(=O)O)C(=O)O.O=CC(=O)O. The van der Waals surface area contributed by atoms with Gasteiger partial charge in [0.15, 0.2) is 0 Å². The van der Waals surface area contributed by atoms with Crippen LogP contribution in [0.5, 0.6) is 0 Å². The van der Waals surface area contributed by atoms with Gasteiger partial charge in [0.1, 0.15) is 6.04 Å². The van der Waals surface area contributed by atoms with Gasteiger partial charge in [0, 0.05) is 13.0 Å². The molecule has 9 nitrogen and oxygen atoms in total. The Labute approximate surface area is 206 Å². The van der Waals surface area contributed by atoms with E-state index in [9.17, 15) is 9.59 Å². The zero-order chi connectivity index (χ0) is 27.0. The smallest absolute Gasteiger partial charge is 0.368 e. The number of nitrogens with two attached hydrogens (primary N) is 1. The van der Waals surface area contributed by atoms with E-state index in [1.807, 2.05) is 0 Å². The molecule has 6 N–H and O–H groups in total. The zero-order valence-electron chi connectivity index (χ0n) is 21.7. The molecule has 0 aliphatic carbocycles. The number of aliphatic hydroxyl groups excluding tert-OH is 1. The summed E-state index contributed by atoms with van der Waals surface area (Å²) in [5.41, 5.74) is 5.00. The number of carbonyl (C=O) groups is 4. The molecule has 0 fully saturated rings. The highest BCUT2D eigenvalue weighted by atomic mass is 16.4. The third-order valence-electron chi connectivity index (χ3n) is 4.54. The maximum Gasteiger partial charge on any atom is 0.368 e. The summed E-state index contributed by atoms with van der Waals surface area (Å²) in [6, 6.07) is -1.06. The topological polar surface area (TPSA) is 175 Å². The minimum Gasteiger partial charge on any atom is -0.481 e. The van der Waals surface area contributed by atoms with Crippen LogP contribution >= 0.6 is 0 Å².